The maximum atomic E-state index is 12.0. The number of aromatic amines is 1. The average Bonchev–Trinajstić information content (AvgIpc) is 2.92. The van der Waals surface area contributed by atoms with Crippen molar-refractivity contribution in [2.45, 2.75) is 26.3 Å². The first-order valence-corrected chi connectivity index (χ1v) is 6.28. The smallest absolute Gasteiger partial charge is 0.276 e. The minimum absolute atomic E-state index is 0.137. The standard InChI is InChI=1S/C14H18N4O/c1-10(2)12-6-4-11(5-7-12)9-18(3)14(19)13-8-15-17-16-13/h4-8,10H,9H2,1-3H3,(H,15,16,17). The van der Waals surface area contributed by atoms with Crippen LogP contribution in [0.2, 0.25) is 0 Å². The molecular weight excluding hydrogens is 240 g/mol. The molecular formula is C14H18N4O. The lowest BCUT2D eigenvalue weighted by Gasteiger charge is -2.16. The molecule has 0 saturated carbocycles. The Morgan fingerprint density at radius 1 is 1.32 bits per heavy atom. The zero-order valence-corrected chi connectivity index (χ0v) is 11.4. The zero-order valence-electron chi connectivity index (χ0n) is 11.4. The van der Waals surface area contributed by atoms with Crippen LogP contribution in [0.4, 0.5) is 0 Å². The number of benzene rings is 1. The van der Waals surface area contributed by atoms with Gasteiger partial charge in [0.15, 0.2) is 5.69 Å². The summed E-state index contributed by atoms with van der Waals surface area (Å²) in [6, 6.07) is 8.33. The van der Waals surface area contributed by atoms with Crippen LogP contribution in [0.5, 0.6) is 0 Å². The second-order valence-electron chi connectivity index (χ2n) is 4.91. The molecule has 100 valence electrons. The second-order valence-corrected chi connectivity index (χ2v) is 4.91. The van der Waals surface area contributed by atoms with Gasteiger partial charge in [0.05, 0.1) is 6.20 Å². The molecule has 0 aliphatic rings. The molecule has 0 fully saturated rings. The summed E-state index contributed by atoms with van der Waals surface area (Å²) >= 11 is 0. The third-order valence-corrected chi connectivity index (χ3v) is 3.05. The van der Waals surface area contributed by atoms with Gasteiger partial charge < -0.3 is 4.90 Å². The molecule has 2 aromatic rings. The van der Waals surface area contributed by atoms with Gasteiger partial charge in [-0.15, -0.1) is 0 Å². The van der Waals surface area contributed by atoms with E-state index < -0.39 is 0 Å². The van der Waals surface area contributed by atoms with Crippen molar-refractivity contribution in [2.75, 3.05) is 7.05 Å². The fourth-order valence-corrected chi connectivity index (χ4v) is 1.85. The number of nitrogens with zero attached hydrogens (tertiary/aromatic N) is 3. The number of carbonyl (C=O) groups is 1. The van der Waals surface area contributed by atoms with E-state index >= 15 is 0 Å². The van der Waals surface area contributed by atoms with Gasteiger partial charge in [0.2, 0.25) is 0 Å². The third-order valence-electron chi connectivity index (χ3n) is 3.05. The molecule has 1 N–H and O–H groups in total. The maximum absolute atomic E-state index is 12.0. The van der Waals surface area contributed by atoms with Crippen LogP contribution in [0.3, 0.4) is 0 Å². The van der Waals surface area contributed by atoms with E-state index in [0.29, 0.717) is 18.2 Å². The highest BCUT2D eigenvalue weighted by molar-refractivity contribution is 5.91. The van der Waals surface area contributed by atoms with E-state index in [1.807, 2.05) is 0 Å². The molecule has 2 rings (SSSR count). The Hall–Kier alpha value is -2.17. The summed E-state index contributed by atoms with van der Waals surface area (Å²) < 4.78 is 0. The average molecular weight is 258 g/mol. The van der Waals surface area contributed by atoms with Crippen molar-refractivity contribution >= 4 is 5.91 Å². The second kappa shape index (κ2) is 5.65. The van der Waals surface area contributed by atoms with Gasteiger partial charge in [-0.05, 0) is 17.0 Å². The molecule has 19 heavy (non-hydrogen) atoms. The topological polar surface area (TPSA) is 61.9 Å². The van der Waals surface area contributed by atoms with E-state index in [9.17, 15) is 4.79 Å². The third kappa shape index (κ3) is 3.19. The van der Waals surface area contributed by atoms with Crippen LogP contribution in [0, 0.1) is 0 Å². The van der Waals surface area contributed by atoms with Gasteiger partial charge in [-0.25, -0.2) is 0 Å². The predicted octanol–water partition coefficient (Wildman–Crippen LogP) is 2.20. The highest BCUT2D eigenvalue weighted by Crippen LogP contribution is 2.15. The molecule has 0 spiro atoms. The molecule has 1 heterocycles. The van der Waals surface area contributed by atoms with E-state index in [1.165, 1.54) is 11.8 Å². The van der Waals surface area contributed by atoms with Crippen LogP contribution in [-0.2, 0) is 6.54 Å². The van der Waals surface area contributed by atoms with Gasteiger partial charge in [0.25, 0.3) is 5.91 Å². The lowest BCUT2D eigenvalue weighted by atomic mass is 10.0. The van der Waals surface area contributed by atoms with E-state index in [0.717, 1.165) is 5.56 Å². The first-order valence-electron chi connectivity index (χ1n) is 6.28. The molecule has 1 aromatic heterocycles. The van der Waals surface area contributed by atoms with Gasteiger partial charge in [-0.3, -0.25) is 4.79 Å². The largest absolute Gasteiger partial charge is 0.336 e. The normalized spacial score (nSPS) is 10.7. The molecule has 5 nitrogen and oxygen atoms in total. The van der Waals surface area contributed by atoms with Gasteiger partial charge in [0, 0.05) is 13.6 Å². The lowest BCUT2D eigenvalue weighted by Crippen LogP contribution is -2.26. The van der Waals surface area contributed by atoms with E-state index in [2.05, 4.69) is 53.5 Å². The molecule has 0 bridgehead atoms. The summed E-state index contributed by atoms with van der Waals surface area (Å²) in [4.78, 5) is 13.6. The Bertz CT molecular complexity index is 531. The molecule has 1 aromatic carbocycles. The number of hydrogen-bond donors (Lipinski definition) is 1. The van der Waals surface area contributed by atoms with Gasteiger partial charge in [0.1, 0.15) is 0 Å². The Morgan fingerprint density at radius 2 is 2.00 bits per heavy atom. The van der Waals surface area contributed by atoms with Crippen molar-refractivity contribution in [3.8, 4) is 0 Å². The van der Waals surface area contributed by atoms with Crippen molar-refractivity contribution < 1.29 is 4.79 Å². The summed E-state index contributed by atoms with van der Waals surface area (Å²) in [6.07, 6.45) is 1.43. The number of carbonyl (C=O) groups excluding carboxylic acids is 1. The number of aromatic nitrogens is 3. The Kier molecular flexibility index (Phi) is 3.94. The van der Waals surface area contributed by atoms with Crippen molar-refractivity contribution in [2.24, 2.45) is 0 Å². The molecule has 0 aliphatic heterocycles. The highest BCUT2D eigenvalue weighted by Gasteiger charge is 2.14. The minimum Gasteiger partial charge on any atom is -0.336 e. The van der Waals surface area contributed by atoms with Crippen LogP contribution in [0.15, 0.2) is 30.5 Å². The van der Waals surface area contributed by atoms with Gasteiger partial charge in [-0.2, -0.15) is 15.4 Å². The molecule has 0 radical (unpaired) electrons. The van der Waals surface area contributed by atoms with Crippen LogP contribution in [-0.4, -0.2) is 33.3 Å². The predicted molar refractivity (Wildman–Crippen MR) is 72.7 cm³/mol. The van der Waals surface area contributed by atoms with Crippen molar-refractivity contribution in [1.29, 1.82) is 0 Å². The monoisotopic (exact) mass is 258 g/mol. The molecule has 0 aliphatic carbocycles. The summed E-state index contributed by atoms with van der Waals surface area (Å²) in [6.45, 7) is 4.88. The van der Waals surface area contributed by atoms with Crippen molar-refractivity contribution in [3.63, 3.8) is 0 Å². The Balaban J connectivity index is 2.02. The van der Waals surface area contributed by atoms with Gasteiger partial charge >= 0.3 is 0 Å². The molecule has 1 amide bonds. The number of hydrogen-bond acceptors (Lipinski definition) is 3. The molecule has 0 atom stereocenters. The Labute approximate surface area is 112 Å². The molecule has 0 unspecified atom stereocenters. The summed E-state index contributed by atoms with van der Waals surface area (Å²) in [7, 11) is 1.76. The number of H-pyrrole nitrogens is 1. The molecule has 5 heteroatoms. The number of nitrogens with one attached hydrogen (secondary N) is 1. The number of amides is 1. The van der Waals surface area contributed by atoms with Crippen LogP contribution < -0.4 is 0 Å². The fourth-order valence-electron chi connectivity index (χ4n) is 1.85. The van der Waals surface area contributed by atoms with Crippen LogP contribution in [0.1, 0.15) is 41.4 Å². The van der Waals surface area contributed by atoms with Crippen LogP contribution >= 0.6 is 0 Å². The number of rotatable bonds is 4. The van der Waals surface area contributed by atoms with E-state index in [1.54, 1.807) is 11.9 Å². The van der Waals surface area contributed by atoms with E-state index in [-0.39, 0.29) is 5.91 Å². The maximum Gasteiger partial charge on any atom is 0.276 e. The van der Waals surface area contributed by atoms with Crippen LogP contribution in [0.25, 0.3) is 0 Å². The van der Waals surface area contributed by atoms with E-state index in [4.69, 9.17) is 0 Å². The first kappa shape index (κ1) is 13.3. The summed E-state index contributed by atoms with van der Waals surface area (Å²) in [5.74, 6) is 0.380. The summed E-state index contributed by atoms with van der Waals surface area (Å²) in [5, 5.41) is 9.87. The quantitative estimate of drug-likeness (QED) is 0.914. The highest BCUT2D eigenvalue weighted by atomic mass is 16.2. The SMILES string of the molecule is CC(C)c1ccc(CN(C)C(=O)c2cn[nH]n2)cc1. The lowest BCUT2D eigenvalue weighted by molar-refractivity contribution is 0.0779. The fraction of sp³-hybridized carbons (Fsp3) is 0.357. The van der Waals surface area contributed by atoms with Crippen molar-refractivity contribution in [1.82, 2.24) is 20.3 Å². The summed E-state index contributed by atoms with van der Waals surface area (Å²) in [5.41, 5.74) is 2.74. The zero-order chi connectivity index (χ0) is 13.8. The van der Waals surface area contributed by atoms with Gasteiger partial charge in [-0.1, -0.05) is 38.1 Å². The van der Waals surface area contributed by atoms with Crippen molar-refractivity contribution in [3.05, 3.63) is 47.3 Å². The first-order chi connectivity index (χ1) is 9.08. The molecule has 0 saturated heterocycles. The minimum atomic E-state index is -0.137. The Morgan fingerprint density at radius 3 is 2.53 bits per heavy atom.